The van der Waals surface area contributed by atoms with Crippen molar-refractivity contribution in [2.75, 3.05) is 34.0 Å². The van der Waals surface area contributed by atoms with E-state index in [2.05, 4.69) is 27.3 Å². The highest BCUT2D eigenvalue weighted by Gasteiger charge is 2.35. The van der Waals surface area contributed by atoms with Crippen molar-refractivity contribution in [3.05, 3.63) is 68.6 Å². The lowest BCUT2D eigenvalue weighted by atomic mass is 10.1. The predicted molar refractivity (Wildman–Crippen MR) is 145 cm³/mol. The first kappa shape index (κ1) is 25.8. The molecule has 1 heterocycles. The number of thioether (sulfide) groups is 1. The average Bonchev–Trinajstić information content (AvgIpc) is 3.14. The summed E-state index contributed by atoms with van der Waals surface area (Å²) in [6.45, 7) is 0.0472. The molecule has 0 bridgehead atoms. The van der Waals surface area contributed by atoms with Gasteiger partial charge < -0.3 is 18.9 Å². The lowest BCUT2D eigenvalue weighted by molar-refractivity contribution is -0.143. The van der Waals surface area contributed by atoms with Gasteiger partial charge in [0.25, 0.3) is 11.1 Å². The van der Waals surface area contributed by atoms with E-state index in [1.165, 1.54) is 19.1 Å². The third-order valence-corrected chi connectivity index (χ3v) is 7.02. The number of methoxy groups -OCH3 is 2. The predicted octanol–water partition coefficient (Wildman–Crippen LogP) is 5.12. The smallest absolute Gasteiger partial charge is 0.343 e. The van der Waals surface area contributed by atoms with Crippen LogP contribution in [0.1, 0.15) is 5.56 Å². The first-order valence-electron chi connectivity index (χ1n) is 10.8. The van der Waals surface area contributed by atoms with Crippen LogP contribution in [-0.2, 0) is 14.3 Å². The second-order valence-corrected chi connectivity index (χ2v) is 9.71. The van der Waals surface area contributed by atoms with Crippen molar-refractivity contribution in [2.24, 2.45) is 0 Å². The van der Waals surface area contributed by atoms with Gasteiger partial charge in [0, 0.05) is 5.39 Å². The second kappa shape index (κ2) is 11.7. The quantitative estimate of drug-likeness (QED) is 0.185. The van der Waals surface area contributed by atoms with Gasteiger partial charge in [-0.3, -0.25) is 14.5 Å². The Morgan fingerprint density at radius 3 is 2.58 bits per heavy atom. The molecule has 3 aromatic rings. The minimum atomic E-state index is -0.518. The van der Waals surface area contributed by atoms with E-state index >= 15 is 0 Å². The lowest BCUT2D eigenvalue weighted by Gasteiger charge is -2.14. The third kappa shape index (κ3) is 5.76. The van der Waals surface area contributed by atoms with Gasteiger partial charge in [0.1, 0.15) is 12.4 Å². The summed E-state index contributed by atoms with van der Waals surface area (Å²) < 4.78 is 22.1. The fourth-order valence-corrected chi connectivity index (χ4v) is 5.21. The van der Waals surface area contributed by atoms with E-state index in [1.807, 2.05) is 42.5 Å². The largest absolute Gasteiger partial charge is 0.493 e. The molecule has 10 heteroatoms. The van der Waals surface area contributed by atoms with Crippen molar-refractivity contribution in [3.63, 3.8) is 0 Å². The Labute approximate surface area is 225 Å². The molecule has 4 rings (SSSR count). The van der Waals surface area contributed by atoms with Crippen LogP contribution in [0.3, 0.4) is 0 Å². The first-order valence-corrected chi connectivity index (χ1v) is 12.7. The number of esters is 1. The van der Waals surface area contributed by atoms with E-state index in [9.17, 15) is 14.4 Å². The van der Waals surface area contributed by atoms with Crippen LogP contribution in [0.15, 0.2) is 59.5 Å². The molecule has 1 fully saturated rings. The minimum absolute atomic E-state index is 0.131. The number of halogens is 1. The van der Waals surface area contributed by atoms with Gasteiger partial charge in [-0.1, -0.05) is 36.4 Å². The van der Waals surface area contributed by atoms with Gasteiger partial charge in [-0.15, -0.1) is 0 Å². The summed E-state index contributed by atoms with van der Waals surface area (Å²) in [5.41, 5.74) is 0.652. The highest BCUT2D eigenvalue weighted by molar-refractivity contribution is 14.1. The highest BCUT2D eigenvalue weighted by Crippen LogP contribution is 2.37. The summed E-state index contributed by atoms with van der Waals surface area (Å²) in [4.78, 5) is 38.4. The number of nitrogens with zero attached hydrogens (tertiary/aromatic N) is 1. The molecule has 36 heavy (non-hydrogen) atoms. The number of hydrogen-bond donors (Lipinski definition) is 0. The van der Waals surface area contributed by atoms with Crippen LogP contribution in [0.25, 0.3) is 16.8 Å². The van der Waals surface area contributed by atoms with Crippen molar-refractivity contribution >= 4 is 68.3 Å². The summed E-state index contributed by atoms with van der Waals surface area (Å²) in [7, 11) is 2.75. The van der Waals surface area contributed by atoms with Crippen molar-refractivity contribution in [2.45, 2.75) is 0 Å². The van der Waals surface area contributed by atoms with Crippen molar-refractivity contribution in [1.29, 1.82) is 0 Å². The molecule has 0 spiro atoms. The molecule has 0 unspecified atom stereocenters. The molecule has 0 aromatic heterocycles. The number of hydrogen-bond acceptors (Lipinski definition) is 8. The number of fused-ring (bicyclic) bond motifs is 1. The second-order valence-electron chi connectivity index (χ2n) is 7.56. The van der Waals surface area contributed by atoms with Gasteiger partial charge in [0.05, 0.1) is 29.2 Å². The molecule has 0 aliphatic carbocycles. The van der Waals surface area contributed by atoms with E-state index in [1.54, 1.807) is 18.2 Å². The summed E-state index contributed by atoms with van der Waals surface area (Å²) >= 11 is 2.92. The Balaban J connectivity index is 1.45. The van der Waals surface area contributed by atoms with Crippen molar-refractivity contribution in [3.8, 4) is 17.2 Å². The van der Waals surface area contributed by atoms with Gasteiger partial charge in [0.2, 0.25) is 0 Å². The highest BCUT2D eigenvalue weighted by atomic mass is 127. The lowest BCUT2D eigenvalue weighted by Crippen LogP contribution is -2.32. The number of ether oxygens (including phenoxy) is 4. The number of carbonyl (C=O) groups excluding carboxylic acids is 3. The molecule has 8 nitrogen and oxygen atoms in total. The van der Waals surface area contributed by atoms with E-state index < -0.39 is 5.97 Å². The number of carbonyl (C=O) groups is 3. The van der Waals surface area contributed by atoms with Gasteiger partial charge in [0.15, 0.2) is 18.1 Å². The minimum Gasteiger partial charge on any atom is -0.493 e. The maximum absolute atomic E-state index is 12.9. The third-order valence-electron chi connectivity index (χ3n) is 5.31. The Morgan fingerprint density at radius 2 is 1.81 bits per heavy atom. The summed E-state index contributed by atoms with van der Waals surface area (Å²) in [6, 6.07) is 17.1. The van der Waals surface area contributed by atoms with Gasteiger partial charge in [-0.05, 0) is 69.6 Å². The van der Waals surface area contributed by atoms with E-state index in [4.69, 9.17) is 14.2 Å². The van der Waals surface area contributed by atoms with Crippen molar-refractivity contribution < 1.29 is 33.3 Å². The van der Waals surface area contributed by atoms with Crippen molar-refractivity contribution in [1.82, 2.24) is 4.90 Å². The van der Waals surface area contributed by atoms with Crippen LogP contribution >= 0.6 is 34.4 Å². The Morgan fingerprint density at radius 1 is 1.03 bits per heavy atom. The van der Waals surface area contributed by atoms with Crippen LogP contribution in [0.4, 0.5) is 4.79 Å². The fourth-order valence-electron chi connectivity index (χ4n) is 3.57. The van der Waals surface area contributed by atoms with E-state index in [0.29, 0.717) is 31.3 Å². The van der Waals surface area contributed by atoms with Gasteiger partial charge in [-0.25, -0.2) is 4.79 Å². The summed E-state index contributed by atoms with van der Waals surface area (Å²) in [5, 5.41) is 1.67. The molecule has 0 radical (unpaired) electrons. The number of rotatable bonds is 9. The van der Waals surface area contributed by atoms with Gasteiger partial charge in [-0.2, -0.15) is 0 Å². The molecule has 3 aromatic carbocycles. The molecule has 2 amide bonds. The van der Waals surface area contributed by atoms with Crippen LogP contribution in [0, 0.1) is 3.57 Å². The summed E-state index contributed by atoms with van der Waals surface area (Å²) in [6.07, 6.45) is 1.63. The topological polar surface area (TPSA) is 91.4 Å². The molecule has 0 saturated carbocycles. The zero-order valence-corrected chi connectivity index (χ0v) is 22.5. The van der Waals surface area contributed by atoms with Crippen LogP contribution < -0.4 is 14.2 Å². The molecular formula is C26H22INO7S. The zero-order valence-electron chi connectivity index (χ0n) is 19.5. The normalized spacial score (nSPS) is 14.4. The maximum atomic E-state index is 12.9. The Hall–Kier alpha value is -3.25. The monoisotopic (exact) mass is 619 g/mol. The molecule has 1 aliphatic heterocycles. The van der Waals surface area contributed by atoms with E-state index in [-0.39, 0.29) is 30.9 Å². The molecule has 0 atom stereocenters. The SMILES string of the molecule is COC(=O)COc1c(I)cc(/C=C2\SC(=O)N(CCOc3cccc4ccccc34)C2=O)cc1OC. The van der Waals surface area contributed by atoms with Crippen LogP contribution in [0.5, 0.6) is 17.2 Å². The van der Waals surface area contributed by atoms with Gasteiger partial charge >= 0.3 is 5.97 Å². The number of amides is 2. The fraction of sp³-hybridized carbons (Fsp3) is 0.192. The standard InChI is InChI=1S/C26H22INO7S/c1-32-21-13-16(12-19(27)24(21)35-15-23(29)33-2)14-22-25(30)28(26(31)36-22)10-11-34-20-9-5-7-17-6-3-4-8-18(17)20/h3-9,12-14H,10-11,15H2,1-2H3/b22-14-. The summed E-state index contributed by atoms with van der Waals surface area (Å²) in [5.74, 6) is 0.576. The Bertz CT molecular complexity index is 1350. The number of imide groups is 1. The van der Waals surface area contributed by atoms with E-state index in [0.717, 1.165) is 22.5 Å². The van der Waals surface area contributed by atoms with Crippen LogP contribution in [0.2, 0.25) is 0 Å². The molecular weight excluding hydrogens is 597 g/mol. The first-order chi connectivity index (χ1) is 17.4. The molecule has 1 saturated heterocycles. The zero-order chi connectivity index (χ0) is 25.7. The van der Waals surface area contributed by atoms with Crippen LogP contribution in [-0.4, -0.2) is 56.0 Å². The molecule has 0 N–H and O–H groups in total. The number of benzene rings is 3. The molecule has 186 valence electrons. The Kier molecular flexibility index (Phi) is 8.36. The average molecular weight is 619 g/mol. The molecule has 1 aliphatic rings. The maximum Gasteiger partial charge on any atom is 0.343 e.